The van der Waals surface area contributed by atoms with Crippen LogP contribution in [0.3, 0.4) is 0 Å². The first-order valence-corrected chi connectivity index (χ1v) is 11.7. The first-order chi connectivity index (χ1) is 18.0. The summed E-state index contributed by atoms with van der Waals surface area (Å²) in [5.74, 6) is -1.17. The van der Waals surface area contributed by atoms with E-state index in [9.17, 15) is 14.0 Å². The number of carbonyl (C=O) groups is 2. The van der Waals surface area contributed by atoms with Gasteiger partial charge in [0, 0.05) is 42.6 Å². The summed E-state index contributed by atoms with van der Waals surface area (Å²) in [6, 6.07) is 14.1. The summed E-state index contributed by atoms with van der Waals surface area (Å²) in [6.07, 6.45) is 8.13. The number of hydrogen-bond donors (Lipinski definition) is 2. The van der Waals surface area contributed by atoms with Crippen molar-refractivity contribution < 1.29 is 14.0 Å². The van der Waals surface area contributed by atoms with Crippen LogP contribution in [-0.4, -0.2) is 43.1 Å². The number of halogens is 1. The van der Waals surface area contributed by atoms with Crippen molar-refractivity contribution in [2.75, 3.05) is 11.4 Å². The fourth-order valence-corrected chi connectivity index (χ4v) is 4.26. The highest BCUT2D eigenvalue weighted by Gasteiger charge is 2.34. The van der Waals surface area contributed by atoms with E-state index < -0.39 is 17.9 Å². The maximum atomic E-state index is 13.8. The quantitative estimate of drug-likeness (QED) is 0.341. The number of aromatic amines is 1. The molecule has 0 spiro atoms. The van der Waals surface area contributed by atoms with Crippen molar-refractivity contribution in [3.63, 3.8) is 0 Å². The Morgan fingerprint density at radius 1 is 1.08 bits per heavy atom. The number of anilines is 1. The molecule has 186 valence electrons. The van der Waals surface area contributed by atoms with Crippen molar-refractivity contribution in [2.24, 2.45) is 7.05 Å². The Kier molecular flexibility index (Phi) is 6.71. The van der Waals surface area contributed by atoms with Gasteiger partial charge in [-0.2, -0.15) is 5.10 Å². The molecule has 2 amide bonds. The zero-order chi connectivity index (χ0) is 25.8. The third kappa shape index (κ3) is 5.08. The van der Waals surface area contributed by atoms with Gasteiger partial charge in [-0.25, -0.2) is 9.37 Å². The summed E-state index contributed by atoms with van der Waals surface area (Å²) in [5.41, 5.74) is 2.91. The number of benzene rings is 2. The van der Waals surface area contributed by atoms with Gasteiger partial charge in [0.2, 0.25) is 5.91 Å². The number of fused-ring (bicyclic) bond motifs is 1. The summed E-state index contributed by atoms with van der Waals surface area (Å²) in [6.45, 7) is 0.257. The molecule has 2 N–H and O–H groups in total. The van der Waals surface area contributed by atoms with Gasteiger partial charge in [-0.05, 0) is 48.4 Å². The number of nitrogens with one attached hydrogen (secondary N) is 2. The average molecular weight is 498 g/mol. The van der Waals surface area contributed by atoms with Crippen LogP contribution in [0.15, 0.2) is 85.7 Å². The van der Waals surface area contributed by atoms with E-state index in [0.717, 1.165) is 16.5 Å². The van der Waals surface area contributed by atoms with Gasteiger partial charge in [-0.15, -0.1) is 0 Å². The van der Waals surface area contributed by atoms with Crippen LogP contribution >= 0.6 is 0 Å². The van der Waals surface area contributed by atoms with Crippen LogP contribution in [0.5, 0.6) is 0 Å². The van der Waals surface area contributed by atoms with E-state index >= 15 is 0 Å². The predicted octanol–water partition coefficient (Wildman–Crippen LogP) is 3.58. The molecule has 0 aliphatic heterocycles. The smallest absolute Gasteiger partial charge is 0.277 e. The number of hydrogen-bond acceptors (Lipinski definition) is 5. The molecule has 3 heterocycles. The van der Waals surface area contributed by atoms with Gasteiger partial charge in [-0.3, -0.25) is 24.2 Å². The number of rotatable bonds is 8. The van der Waals surface area contributed by atoms with Crippen LogP contribution in [-0.2, 0) is 18.3 Å². The van der Waals surface area contributed by atoms with E-state index in [1.807, 2.05) is 19.2 Å². The van der Waals surface area contributed by atoms with Crippen molar-refractivity contribution in [2.45, 2.75) is 12.5 Å². The Bertz CT molecular complexity index is 1530. The van der Waals surface area contributed by atoms with Gasteiger partial charge in [0.15, 0.2) is 0 Å². The number of H-pyrrole nitrogens is 1. The molecule has 10 heteroatoms. The number of nitrogens with zero attached hydrogens (tertiary/aromatic N) is 5. The van der Waals surface area contributed by atoms with E-state index in [4.69, 9.17) is 0 Å². The van der Waals surface area contributed by atoms with Crippen LogP contribution in [0.2, 0.25) is 0 Å². The Morgan fingerprint density at radius 2 is 1.97 bits per heavy atom. The standard InChI is InChI=1S/C27H24FN7O2/c1-34-24-8-7-22(13-20(24)15-33-34)35(27(37)23-16-30-17-32-23)25(19-5-3-10-29-14-19)26(36)31-11-9-18-4-2-6-21(28)12-18/h2-8,10,12-17,25H,9,11H2,1H3,(H,30,32)(H,31,36). The van der Waals surface area contributed by atoms with Gasteiger partial charge in [-0.1, -0.05) is 18.2 Å². The number of aromatic nitrogens is 5. The molecule has 0 aliphatic carbocycles. The Labute approximate surface area is 212 Å². The second-order valence-electron chi connectivity index (χ2n) is 8.51. The number of imidazole rings is 1. The average Bonchev–Trinajstić information content (AvgIpc) is 3.57. The molecule has 0 saturated carbocycles. The van der Waals surface area contributed by atoms with Crippen LogP contribution in [0, 0.1) is 5.82 Å². The van der Waals surface area contributed by atoms with E-state index in [1.54, 1.807) is 53.6 Å². The lowest BCUT2D eigenvalue weighted by Crippen LogP contribution is -2.44. The molecule has 0 aliphatic rings. The monoisotopic (exact) mass is 497 g/mol. The Morgan fingerprint density at radius 3 is 2.73 bits per heavy atom. The molecule has 2 aromatic carbocycles. The summed E-state index contributed by atoms with van der Waals surface area (Å²) < 4.78 is 15.3. The highest BCUT2D eigenvalue weighted by Crippen LogP contribution is 2.31. The first kappa shape index (κ1) is 23.9. The summed E-state index contributed by atoms with van der Waals surface area (Å²) in [5, 5.41) is 8.02. The van der Waals surface area contributed by atoms with Crippen LogP contribution in [0.25, 0.3) is 10.9 Å². The molecule has 1 atom stereocenters. The van der Waals surface area contributed by atoms with Crippen LogP contribution in [0.1, 0.15) is 27.7 Å². The van der Waals surface area contributed by atoms with Gasteiger partial charge in [0.1, 0.15) is 17.6 Å². The van der Waals surface area contributed by atoms with Crippen LogP contribution in [0.4, 0.5) is 10.1 Å². The van der Waals surface area contributed by atoms with Gasteiger partial charge in [0.25, 0.3) is 5.91 Å². The Balaban J connectivity index is 1.52. The van der Waals surface area contributed by atoms with Gasteiger partial charge >= 0.3 is 0 Å². The second kappa shape index (κ2) is 10.4. The molecule has 0 fully saturated rings. The van der Waals surface area contributed by atoms with E-state index in [2.05, 4.69) is 25.4 Å². The van der Waals surface area contributed by atoms with Crippen molar-refractivity contribution >= 4 is 28.4 Å². The molecule has 9 nitrogen and oxygen atoms in total. The normalized spacial score (nSPS) is 11.8. The summed E-state index contributed by atoms with van der Waals surface area (Å²) in [7, 11) is 1.83. The van der Waals surface area contributed by atoms with Crippen molar-refractivity contribution in [1.82, 2.24) is 30.0 Å². The largest absolute Gasteiger partial charge is 0.354 e. The van der Waals surface area contributed by atoms with Gasteiger partial charge < -0.3 is 10.3 Å². The third-order valence-corrected chi connectivity index (χ3v) is 6.06. The highest BCUT2D eigenvalue weighted by molar-refractivity contribution is 6.09. The summed E-state index contributed by atoms with van der Waals surface area (Å²) in [4.78, 5) is 39.9. The maximum absolute atomic E-state index is 13.8. The lowest BCUT2D eigenvalue weighted by molar-refractivity contribution is -0.122. The van der Waals surface area contributed by atoms with Crippen molar-refractivity contribution in [3.8, 4) is 0 Å². The topological polar surface area (TPSA) is 109 Å². The predicted molar refractivity (Wildman–Crippen MR) is 136 cm³/mol. The fourth-order valence-electron chi connectivity index (χ4n) is 4.26. The van der Waals surface area contributed by atoms with E-state index in [-0.39, 0.29) is 18.1 Å². The minimum Gasteiger partial charge on any atom is -0.354 e. The molecule has 0 bridgehead atoms. The molecular weight excluding hydrogens is 473 g/mol. The Hall–Kier alpha value is -4.86. The molecule has 0 saturated heterocycles. The van der Waals surface area contributed by atoms with Crippen molar-refractivity contribution in [3.05, 3.63) is 108 Å². The van der Waals surface area contributed by atoms with Gasteiger partial charge in [0.05, 0.1) is 24.2 Å². The molecule has 5 rings (SSSR count). The lowest BCUT2D eigenvalue weighted by atomic mass is 10.0. The molecule has 3 aromatic heterocycles. The zero-order valence-electron chi connectivity index (χ0n) is 20.0. The fraction of sp³-hybridized carbons (Fsp3) is 0.148. The number of carbonyl (C=O) groups excluding carboxylic acids is 2. The molecule has 5 aromatic rings. The van der Waals surface area contributed by atoms with Crippen molar-refractivity contribution in [1.29, 1.82) is 0 Å². The molecular formula is C27H24FN7O2. The minimum absolute atomic E-state index is 0.229. The molecule has 0 radical (unpaired) electrons. The summed E-state index contributed by atoms with van der Waals surface area (Å²) >= 11 is 0. The van der Waals surface area contributed by atoms with E-state index in [1.165, 1.54) is 29.6 Å². The zero-order valence-corrected chi connectivity index (χ0v) is 20.0. The van der Waals surface area contributed by atoms with E-state index in [0.29, 0.717) is 17.7 Å². The number of pyridine rings is 1. The lowest BCUT2D eigenvalue weighted by Gasteiger charge is -2.31. The highest BCUT2D eigenvalue weighted by atomic mass is 19.1. The number of aryl methyl sites for hydroxylation is 1. The molecule has 1 unspecified atom stereocenters. The maximum Gasteiger partial charge on any atom is 0.277 e. The minimum atomic E-state index is -1.04. The second-order valence-corrected chi connectivity index (χ2v) is 8.51. The SMILES string of the molecule is Cn1ncc2cc(N(C(=O)c3cnc[nH]3)C(C(=O)NCCc3cccc(F)c3)c3cccnc3)ccc21. The first-order valence-electron chi connectivity index (χ1n) is 11.7. The van der Waals surface area contributed by atoms with Crippen LogP contribution < -0.4 is 10.2 Å². The number of amides is 2. The third-order valence-electron chi connectivity index (χ3n) is 6.06. The molecule has 37 heavy (non-hydrogen) atoms.